The van der Waals surface area contributed by atoms with Gasteiger partial charge >= 0.3 is 0 Å². The Morgan fingerprint density at radius 3 is 2.55 bits per heavy atom. The highest BCUT2D eigenvalue weighted by Gasteiger charge is 2.48. The number of fused-ring (bicyclic) bond motifs is 2. The first kappa shape index (κ1) is 15.2. The molecule has 2 bridgehead atoms. The number of rotatable bonds is 6. The maximum absolute atomic E-state index is 12.3. The minimum absolute atomic E-state index is 0.000244. The molecule has 4 atom stereocenters. The van der Waals surface area contributed by atoms with Crippen LogP contribution in [0.5, 0.6) is 11.5 Å². The average molecular weight is 304 g/mol. The van der Waals surface area contributed by atoms with Gasteiger partial charge in [-0.05, 0) is 55.4 Å². The summed E-state index contributed by atoms with van der Waals surface area (Å²) in [4.78, 5) is 12.3. The van der Waals surface area contributed by atoms with Crippen LogP contribution < -0.4 is 20.5 Å². The number of carbonyl (C=O) groups is 1. The zero-order valence-electron chi connectivity index (χ0n) is 13.0. The molecule has 0 saturated heterocycles. The number of ether oxygens (including phenoxy) is 2. The van der Waals surface area contributed by atoms with Gasteiger partial charge in [-0.25, -0.2) is 0 Å². The lowest BCUT2D eigenvalue weighted by atomic mass is 9.84. The number of nitrogens with one attached hydrogen (secondary N) is 1. The summed E-state index contributed by atoms with van der Waals surface area (Å²) in [7, 11) is 1.63. The first-order valence-electron chi connectivity index (χ1n) is 7.99. The standard InChI is InChI=1S/C17H24N2O3/c1-21-13-4-6-14(7-5-13)22-9-8-19-17(20)15-11-2-3-12(10-11)16(15)18/h4-7,11-12,15-16H,2-3,8-10,18H2,1H3,(H,19,20). The van der Waals surface area contributed by atoms with Crippen LogP contribution >= 0.6 is 0 Å². The maximum atomic E-state index is 12.3. The van der Waals surface area contributed by atoms with Crippen molar-refractivity contribution in [2.45, 2.75) is 25.3 Å². The number of nitrogens with two attached hydrogens (primary N) is 1. The lowest BCUT2D eigenvalue weighted by molar-refractivity contribution is -0.127. The van der Waals surface area contributed by atoms with Gasteiger partial charge in [0, 0.05) is 6.04 Å². The summed E-state index contributed by atoms with van der Waals surface area (Å²) in [6, 6.07) is 7.45. The van der Waals surface area contributed by atoms with E-state index < -0.39 is 0 Å². The lowest BCUT2D eigenvalue weighted by Gasteiger charge is -2.27. The van der Waals surface area contributed by atoms with Gasteiger partial charge in [-0.15, -0.1) is 0 Å². The van der Waals surface area contributed by atoms with Crippen LogP contribution in [0, 0.1) is 17.8 Å². The Morgan fingerprint density at radius 1 is 1.23 bits per heavy atom. The Morgan fingerprint density at radius 2 is 1.91 bits per heavy atom. The summed E-state index contributed by atoms with van der Waals surface area (Å²) in [5.41, 5.74) is 6.18. The third kappa shape index (κ3) is 3.04. The molecule has 1 aromatic rings. The minimum atomic E-state index is -0.000244. The molecular weight excluding hydrogens is 280 g/mol. The Hall–Kier alpha value is -1.75. The third-order valence-electron chi connectivity index (χ3n) is 5.01. The van der Waals surface area contributed by atoms with Crippen molar-refractivity contribution in [3.63, 3.8) is 0 Å². The van der Waals surface area contributed by atoms with Gasteiger partial charge in [-0.3, -0.25) is 4.79 Å². The van der Waals surface area contributed by atoms with Crippen LogP contribution in [0.25, 0.3) is 0 Å². The molecule has 0 aromatic heterocycles. The van der Waals surface area contributed by atoms with Crippen molar-refractivity contribution >= 4 is 5.91 Å². The zero-order chi connectivity index (χ0) is 15.5. The molecule has 2 saturated carbocycles. The number of methoxy groups -OCH3 is 1. The predicted octanol–water partition coefficient (Wildman–Crippen LogP) is 1.56. The van der Waals surface area contributed by atoms with Crippen molar-refractivity contribution in [1.29, 1.82) is 0 Å². The summed E-state index contributed by atoms with van der Waals surface area (Å²) in [6.07, 6.45) is 3.47. The van der Waals surface area contributed by atoms with Gasteiger partial charge in [0.05, 0.1) is 19.6 Å². The van der Waals surface area contributed by atoms with E-state index >= 15 is 0 Å². The normalized spacial score (nSPS) is 29.4. The fraction of sp³-hybridized carbons (Fsp3) is 0.588. The molecule has 1 aromatic carbocycles. The average Bonchev–Trinajstić information content (AvgIpc) is 3.13. The molecule has 3 rings (SSSR count). The molecule has 0 radical (unpaired) electrons. The third-order valence-corrected chi connectivity index (χ3v) is 5.01. The van der Waals surface area contributed by atoms with Gasteiger partial charge in [0.15, 0.2) is 0 Å². The lowest BCUT2D eigenvalue weighted by Crippen LogP contribution is -2.46. The quantitative estimate of drug-likeness (QED) is 0.782. The van der Waals surface area contributed by atoms with E-state index in [0.29, 0.717) is 25.0 Å². The number of hydrogen-bond donors (Lipinski definition) is 2. The molecule has 4 unspecified atom stereocenters. The summed E-state index contributed by atoms with van der Waals surface area (Å²) < 4.78 is 10.7. The second-order valence-corrected chi connectivity index (χ2v) is 6.25. The first-order valence-corrected chi connectivity index (χ1v) is 7.99. The SMILES string of the molecule is COc1ccc(OCCNC(=O)C2C3CCC(C3)C2N)cc1. The molecule has 3 N–H and O–H groups in total. The van der Waals surface area contributed by atoms with E-state index in [1.54, 1.807) is 7.11 Å². The van der Waals surface area contributed by atoms with E-state index in [9.17, 15) is 4.79 Å². The summed E-state index contributed by atoms with van der Waals surface area (Å²) >= 11 is 0. The Balaban J connectivity index is 1.40. The van der Waals surface area contributed by atoms with Gasteiger partial charge in [0.2, 0.25) is 5.91 Å². The molecule has 2 aliphatic carbocycles. The molecule has 5 nitrogen and oxygen atoms in total. The molecule has 2 fully saturated rings. The number of benzene rings is 1. The fourth-order valence-corrected chi connectivity index (χ4v) is 3.86. The molecule has 0 aliphatic heterocycles. The smallest absolute Gasteiger partial charge is 0.225 e. The molecule has 1 amide bonds. The van der Waals surface area contributed by atoms with Crippen LogP contribution in [0.4, 0.5) is 0 Å². The second kappa shape index (κ2) is 6.57. The van der Waals surface area contributed by atoms with E-state index in [-0.39, 0.29) is 17.9 Å². The largest absolute Gasteiger partial charge is 0.497 e. The van der Waals surface area contributed by atoms with Crippen molar-refractivity contribution in [2.24, 2.45) is 23.5 Å². The van der Waals surface area contributed by atoms with Crippen LogP contribution in [0.1, 0.15) is 19.3 Å². The number of carbonyl (C=O) groups excluding carboxylic acids is 1. The molecule has 0 spiro atoms. The van der Waals surface area contributed by atoms with Crippen LogP contribution in [0.3, 0.4) is 0 Å². The molecular formula is C17H24N2O3. The molecule has 0 heterocycles. The summed E-state index contributed by atoms with van der Waals surface area (Å²) in [5, 5.41) is 2.96. The number of hydrogen-bond acceptors (Lipinski definition) is 4. The first-order chi connectivity index (χ1) is 10.7. The molecule has 2 aliphatic rings. The maximum Gasteiger partial charge on any atom is 0.225 e. The van der Waals surface area contributed by atoms with Crippen LogP contribution in [0.2, 0.25) is 0 Å². The zero-order valence-corrected chi connectivity index (χ0v) is 13.0. The summed E-state index contributed by atoms with van der Waals surface area (Å²) in [6.45, 7) is 0.958. The second-order valence-electron chi connectivity index (χ2n) is 6.25. The van der Waals surface area contributed by atoms with Gasteiger partial charge < -0.3 is 20.5 Å². The molecule has 5 heteroatoms. The van der Waals surface area contributed by atoms with Gasteiger partial charge in [0.25, 0.3) is 0 Å². The Kier molecular flexibility index (Phi) is 4.52. The monoisotopic (exact) mass is 304 g/mol. The molecule has 22 heavy (non-hydrogen) atoms. The van der Waals surface area contributed by atoms with Gasteiger partial charge in [-0.2, -0.15) is 0 Å². The van der Waals surface area contributed by atoms with E-state index in [2.05, 4.69) is 5.32 Å². The van der Waals surface area contributed by atoms with Crippen molar-refractivity contribution < 1.29 is 14.3 Å². The van der Waals surface area contributed by atoms with E-state index in [1.807, 2.05) is 24.3 Å². The van der Waals surface area contributed by atoms with E-state index in [0.717, 1.165) is 24.3 Å². The molecule has 120 valence electrons. The van der Waals surface area contributed by atoms with Gasteiger partial charge in [0.1, 0.15) is 18.1 Å². The predicted molar refractivity (Wildman–Crippen MR) is 83.8 cm³/mol. The van der Waals surface area contributed by atoms with Crippen LogP contribution in [-0.2, 0) is 4.79 Å². The highest BCUT2D eigenvalue weighted by atomic mass is 16.5. The minimum Gasteiger partial charge on any atom is -0.497 e. The van der Waals surface area contributed by atoms with Crippen molar-refractivity contribution in [1.82, 2.24) is 5.32 Å². The Labute approximate surface area is 131 Å². The van der Waals surface area contributed by atoms with Crippen LogP contribution in [-0.4, -0.2) is 32.2 Å². The van der Waals surface area contributed by atoms with Gasteiger partial charge in [-0.1, -0.05) is 0 Å². The van der Waals surface area contributed by atoms with E-state index in [4.69, 9.17) is 15.2 Å². The topological polar surface area (TPSA) is 73.6 Å². The Bertz CT molecular complexity index is 515. The summed E-state index contributed by atoms with van der Waals surface area (Å²) in [5.74, 6) is 2.70. The highest BCUT2D eigenvalue weighted by Crippen LogP contribution is 2.47. The van der Waals surface area contributed by atoms with Crippen molar-refractivity contribution in [3.05, 3.63) is 24.3 Å². The fourth-order valence-electron chi connectivity index (χ4n) is 3.86. The van der Waals surface area contributed by atoms with Crippen LogP contribution in [0.15, 0.2) is 24.3 Å². The van der Waals surface area contributed by atoms with Crippen molar-refractivity contribution in [2.75, 3.05) is 20.3 Å². The highest BCUT2D eigenvalue weighted by molar-refractivity contribution is 5.80. The van der Waals surface area contributed by atoms with E-state index in [1.165, 1.54) is 6.42 Å². The van der Waals surface area contributed by atoms with Crippen molar-refractivity contribution in [3.8, 4) is 11.5 Å². The number of amides is 1.